The molecule has 0 aliphatic rings. The van der Waals surface area contributed by atoms with Crippen molar-refractivity contribution in [2.24, 2.45) is 0 Å². The maximum absolute atomic E-state index is 11.1. The third kappa shape index (κ3) is 9.82. The Bertz CT molecular complexity index is 221. The Balaban J connectivity index is 0. The molecule has 0 radical (unpaired) electrons. The first-order chi connectivity index (χ1) is 9.51. The van der Waals surface area contributed by atoms with Gasteiger partial charge in [-0.2, -0.15) is 0 Å². The van der Waals surface area contributed by atoms with Crippen molar-refractivity contribution in [3.63, 3.8) is 0 Å². The zero-order valence-electron chi connectivity index (χ0n) is 14.4. The molecule has 120 valence electrons. The van der Waals surface area contributed by atoms with Crippen LogP contribution in [0.15, 0.2) is 0 Å². The number of carbonyl (C=O) groups excluding carboxylic acids is 2. The lowest BCUT2D eigenvalue weighted by Gasteiger charge is -2.17. The number of rotatable bonds is 8. The highest BCUT2D eigenvalue weighted by atomic mass is 16.2. The van der Waals surface area contributed by atoms with Gasteiger partial charge in [-0.25, -0.2) is 0 Å². The first-order valence-electron chi connectivity index (χ1n) is 8.07. The van der Waals surface area contributed by atoms with Crippen molar-refractivity contribution in [2.45, 2.75) is 67.2 Å². The van der Waals surface area contributed by atoms with Gasteiger partial charge in [0.1, 0.15) is 0 Å². The number of hydrogen-bond acceptors (Lipinski definition) is 2. The molecule has 2 amide bonds. The summed E-state index contributed by atoms with van der Waals surface area (Å²) in [5, 5.41) is 0. The molecule has 0 aromatic heterocycles. The van der Waals surface area contributed by atoms with Crippen LogP contribution >= 0.6 is 0 Å². The van der Waals surface area contributed by atoms with Gasteiger partial charge in [0.25, 0.3) is 0 Å². The van der Waals surface area contributed by atoms with Crippen molar-refractivity contribution in [1.29, 1.82) is 0 Å². The van der Waals surface area contributed by atoms with E-state index in [4.69, 9.17) is 0 Å². The Morgan fingerprint density at radius 2 is 0.850 bits per heavy atom. The van der Waals surface area contributed by atoms with Crippen LogP contribution in [0, 0.1) is 0 Å². The van der Waals surface area contributed by atoms with E-state index in [1.165, 1.54) is 0 Å². The average molecular weight is 286 g/mol. The molecular weight excluding hydrogens is 252 g/mol. The predicted octanol–water partition coefficient (Wildman–Crippen LogP) is 3.31. The van der Waals surface area contributed by atoms with E-state index in [1.54, 1.807) is 0 Å². The van der Waals surface area contributed by atoms with Gasteiger partial charge in [-0.1, -0.05) is 13.8 Å². The molecule has 0 spiro atoms. The lowest BCUT2D eigenvalue weighted by Crippen LogP contribution is -2.29. The fourth-order valence-corrected chi connectivity index (χ4v) is 1.90. The highest BCUT2D eigenvalue weighted by Crippen LogP contribution is 1.96. The molecule has 0 saturated carbocycles. The Morgan fingerprint density at radius 1 is 0.600 bits per heavy atom. The SMILES string of the molecule is CCCC(=O)N(CC)CC.CCCC(=O)N(CC)CC. The minimum atomic E-state index is 0.285. The third-order valence-corrected chi connectivity index (χ3v) is 3.16. The molecule has 0 bridgehead atoms. The van der Waals surface area contributed by atoms with Gasteiger partial charge < -0.3 is 9.80 Å². The standard InChI is InChI=1S/2C8H17NO/c2*1-4-7-8(10)9(5-2)6-3/h2*4-7H2,1-3H3. The molecule has 0 atom stereocenters. The summed E-state index contributed by atoms with van der Waals surface area (Å²) in [6.07, 6.45) is 3.30. The Hall–Kier alpha value is -1.06. The van der Waals surface area contributed by atoms with Crippen molar-refractivity contribution in [3.8, 4) is 0 Å². The van der Waals surface area contributed by atoms with E-state index < -0.39 is 0 Å². The van der Waals surface area contributed by atoms with E-state index >= 15 is 0 Å². The lowest BCUT2D eigenvalue weighted by atomic mass is 10.3. The van der Waals surface area contributed by atoms with Gasteiger partial charge in [-0.15, -0.1) is 0 Å². The van der Waals surface area contributed by atoms with Crippen LogP contribution < -0.4 is 0 Å². The van der Waals surface area contributed by atoms with Gasteiger partial charge in [0.2, 0.25) is 11.8 Å². The molecule has 0 fully saturated rings. The van der Waals surface area contributed by atoms with E-state index in [1.807, 2.05) is 51.3 Å². The zero-order chi connectivity index (χ0) is 16.0. The highest BCUT2D eigenvalue weighted by Gasteiger charge is 2.06. The number of amides is 2. The van der Waals surface area contributed by atoms with Crippen molar-refractivity contribution in [3.05, 3.63) is 0 Å². The van der Waals surface area contributed by atoms with Crippen molar-refractivity contribution < 1.29 is 9.59 Å². The minimum absolute atomic E-state index is 0.285. The van der Waals surface area contributed by atoms with Gasteiger partial charge in [0.15, 0.2) is 0 Å². The fourth-order valence-electron chi connectivity index (χ4n) is 1.90. The lowest BCUT2D eigenvalue weighted by molar-refractivity contribution is -0.131. The summed E-state index contributed by atoms with van der Waals surface area (Å²) < 4.78 is 0. The number of carbonyl (C=O) groups is 2. The maximum Gasteiger partial charge on any atom is 0.222 e. The Morgan fingerprint density at radius 3 is 1.00 bits per heavy atom. The average Bonchev–Trinajstić information content (AvgIpc) is 2.43. The minimum Gasteiger partial charge on any atom is -0.343 e. The quantitative estimate of drug-likeness (QED) is 0.687. The molecule has 0 aliphatic carbocycles. The Kier molecular flexibility index (Phi) is 15.2. The zero-order valence-corrected chi connectivity index (χ0v) is 14.4. The van der Waals surface area contributed by atoms with Gasteiger partial charge in [-0.05, 0) is 40.5 Å². The van der Waals surface area contributed by atoms with E-state index in [9.17, 15) is 9.59 Å². The summed E-state index contributed by atoms with van der Waals surface area (Å²) in [6.45, 7) is 15.5. The van der Waals surface area contributed by atoms with Crippen LogP contribution in [-0.4, -0.2) is 47.8 Å². The molecule has 4 heteroatoms. The second-order valence-electron chi connectivity index (χ2n) is 4.63. The summed E-state index contributed by atoms with van der Waals surface area (Å²) in [5.74, 6) is 0.569. The summed E-state index contributed by atoms with van der Waals surface area (Å²) in [6, 6.07) is 0. The summed E-state index contributed by atoms with van der Waals surface area (Å²) >= 11 is 0. The van der Waals surface area contributed by atoms with Gasteiger partial charge in [-0.3, -0.25) is 9.59 Å². The summed E-state index contributed by atoms with van der Waals surface area (Å²) in [7, 11) is 0. The molecular formula is C16H34N2O2. The molecule has 0 heterocycles. The topological polar surface area (TPSA) is 40.6 Å². The van der Waals surface area contributed by atoms with Gasteiger partial charge in [0, 0.05) is 39.0 Å². The van der Waals surface area contributed by atoms with E-state index in [0.29, 0.717) is 12.8 Å². The molecule has 0 saturated heterocycles. The van der Waals surface area contributed by atoms with Crippen molar-refractivity contribution >= 4 is 11.8 Å². The molecule has 0 unspecified atom stereocenters. The fraction of sp³-hybridized carbons (Fsp3) is 0.875. The molecule has 0 aliphatic heterocycles. The van der Waals surface area contributed by atoms with E-state index in [-0.39, 0.29) is 11.8 Å². The van der Waals surface area contributed by atoms with Gasteiger partial charge in [0.05, 0.1) is 0 Å². The molecule has 0 aromatic carbocycles. The molecule has 0 rings (SSSR count). The van der Waals surface area contributed by atoms with Crippen LogP contribution in [-0.2, 0) is 9.59 Å². The maximum atomic E-state index is 11.1. The number of hydrogen-bond donors (Lipinski definition) is 0. The third-order valence-electron chi connectivity index (χ3n) is 3.16. The van der Waals surface area contributed by atoms with Crippen LogP contribution in [0.25, 0.3) is 0 Å². The molecule has 0 aromatic rings. The predicted molar refractivity (Wildman–Crippen MR) is 85.7 cm³/mol. The molecule has 20 heavy (non-hydrogen) atoms. The number of nitrogens with zero attached hydrogens (tertiary/aromatic N) is 2. The van der Waals surface area contributed by atoms with E-state index in [0.717, 1.165) is 39.0 Å². The normalized spacial score (nSPS) is 9.50. The highest BCUT2D eigenvalue weighted by molar-refractivity contribution is 5.76. The van der Waals surface area contributed by atoms with Crippen LogP contribution in [0.1, 0.15) is 67.2 Å². The van der Waals surface area contributed by atoms with Crippen LogP contribution in [0.3, 0.4) is 0 Å². The van der Waals surface area contributed by atoms with Crippen LogP contribution in [0.4, 0.5) is 0 Å². The van der Waals surface area contributed by atoms with Crippen LogP contribution in [0.2, 0.25) is 0 Å². The molecule has 0 N–H and O–H groups in total. The first-order valence-corrected chi connectivity index (χ1v) is 8.07. The first kappa shape index (κ1) is 21.2. The second kappa shape index (κ2) is 14.4. The summed E-state index contributed by atoms with van der Waals surface area (Å²) in [5.41, 5.74) is 0. The van der Waals surface area contributed by atoms with Crippen LogP contribution in [0.5, 0.6) is 0 Å². The van der Waals surface area contributed by atoms with E-state index in [2.05, 4.69) is 0 Å². The Labute approximate surface area is 125 Å². The summed E-state index contributed by atoms with van der Waals surface area (Å²) in [4.78, 5) is 26.0. The largest absolute Gasteiger partial charge is 0.343 e. The second-order valence-corrected chi connectivity index (χ2v) is 4.63. The van der Waals surface area contributed by atoms with Gasteiger partial charge >= 0.3 is 0 Å². The van der Waals surface area contributed by atoms with Crippen molar-refractivity contribution in [1.82, 2.24) is 9.80 Å². The van der Waals surface area contributed by atoms with Crippen molar-refractivity contribution in [2.75, 3.05) is 26.2 Å². The smallest absolute Gasteiger partial charge is 0.222 e. The molecule has 4 nitrogen and oxygen atoms in total. The monoisotopic (exact) mass is 286 g/mol.